The van der Waals surface area contributed by atoms with Gasteiger partial charge in [-0.2, -0.15) is 5.10 Å². The predicted molar refractivity (Wildman–Crippen MR) is 84.9 cm³/mol. The number of halogens is 1. The third kappa shape index (κ3) is 3.61. The molecule has 2 heterocycles. The third-order valence-corrected chi connectivity index (χ3v) is 3.61. The van der Waals surface area contributed by atoms with Gasteiger partial charge in [-0.3, -0.25) is 10.1 Å². The minimum absolute atomic E-state index is 0.296. The van der Waals surface area contributed by atoms with Crippen molar-refractivity contribution >= 4 is 0 Å². The zero-order valence-electron chi connectivity index (χ0n) is 12.4. The number of nitrogens with zero attached hydrogens (tertiary/aromatic N) is 2. The van der Waals surface area contributed by atoms with Crippen LogP contribution >= 0.6 is 0 Å². The molecule has 1 unspecified atom stereocenters. The number of aromatic nitrogens is 3. The monoisotopic (exact) mass is 312 g/mol. The van der Waals surface area contributed by atoms with E-state index in [1.807, 2.05) is 0 Å². The van der Waals surface area contributed by atoms with Gasteiger partial charge in [0.2, 0.25) is 0 Å². The molecule has 23 heavy (non-hydrogen) atoms. The Balaban J connectivity index is 1.64. The zero-order chi connectivity index (χ0) is 16.1. The number of pyridine rings is 1. The van der Waals surface area contributed by atoms with Gasteiger partial charge in [-0.05, 0) is 29.8 Å². The number of nitrogens with one attached hydrogen (secondary N) is 2. The van der Waals surface area contributed by atoms with Crippen LogP contribution in [0.3, 0.4) is 0 Å². The van der Waals surface area contributed by atoms with Gasteiger partial charge in [0, 0.05) is 36.6 Å². The van der Waals surface area contributed by atoms with Crippen molar-refractivity contribution in [2.24, 2.45) is 0 Å². The van der Waals surface area contributed by atoms with Crippen molar-refractivity contribution in [1.82, 2.24) is 20.5 Å². The SMILES string of the molecule is OC(CNCc1cn[nH]c1-c1ccccc1F)c1ccncc1. The summed E-state index contributed by atoms with van der Waals surface area (Å²) in [4.78, 5) is 3.92. The van der Waals surface area contributed by atoms with Crippen molar-refractivity contribution in [1.29, 1.82) is 0 Å². The summed E-state index contributed by atoms with van der Waals surface area (Å²) in [5.74, 6) is -0.296. The second-order valence-electron chi connectivity index (χ2n) is 5.18. The zero-order valence-corrected chi connectivity index (χ0v) is 12.4. The normalized spacial score (nSPS) is 12.3. The molecule has 1 atom stereocenters. The van der Waals surface area contributed by atoms with Crippen LogP contribution in [0.4, 0.5) is 4.39 Å². The standard InChI is InChI=1S/C17H17FN4O/c18-15-4-2-1-3-14(15)17-13(10-21-22-17)9-20-11-16(23)12-5-7-19-8-6-12/h1-8,10,16,20,23H,9,11H2,(H,21,22). The average molecular weight is 312 g/mol. The van der Waals surface area contributed by atoms with Crippen LogP contribution in [-0.2, 0) is 6.54 Å². The lowest BCUT2D eigenvalue weighted by atomic mass is 10.1. The van der Waals surface area contributed by atoms with E-state index in [4.69, 9.17) is 0 Å². The van der Waals surface area contributed by atoms with Crippen LogP contribution in [0.25, 0.3) is 11.3 Å². The number of aliphatic hydroxyl groups excluding tert-OH is 1. The van der Waals surface area contributed by atoms with Crippen molar-refractivity contribution < 1.29 is 9.50 Å². The molecule has 3 aromatic rings. The molecule has 0 fully saturated rings. The molecule has 0 aliphatic heterocycles. The van der Waals surface area contributed by atoms with Gasteiger partial charge in [-0.15, -0.1) is 0 Å². The molecule has 0 saturated carbocycles. The highest BCUT2D eigenvalue weighted by atomic mass is 19.1. The fourth-order valence-electron chi connectivity index (χ4n) is 2.39. The Hall–Kier alpha value is -2.57. The van der Waals surface area contributed by atoms with E-state index >= 15 is 0 Å². The number of benzene rings is 1. The van der Waals surface area contributed by atoms with Crippen LogP contribution in [0, 0.1) is 5.82 Å². The molecule has 118 valence electrons. The summed E-state index contributed by atoms with van der Waals surface area (Å²) in [5.41, 5.74) is 2.77. The summed E-state index contributed by atoms with van der Waals surface area (Å²) in [6.07, 6.45) is 4.32. The maximum Gasteiger partial charge on any atom is 0.132 e. The smallest absolute Gasteiger partial charge is 0.132 e. The molecule has 6 heteroatoms. The van der Waals surface area contributed by atoms with E-state index < -0.39 is 6.10 Å². The molecular weight excluding hydrogens is 295 g/mol. The van der Waals surface area contributed by atoms with E-state index in [1.165, 1.54) is 6.07 Å². The highest BCUT2D eigenvalue weighted by Crippen LogP contribution is 2.23. The Kier molecular flexibility index (Phi) is 4.75. The molecule has 3 rings (SSSR count). The second-order valence-corrected chi connectivity index (χ2v) is 5.18. The topological polar surface area (TPSA) is 73.8 Å². The molecule has 1 aromatic carbocycles. The fraction of sp³-hybridized carbons (Fsp3) is 0.176. The van der Waals surface area contributed by atoms with Crippen molar-refractivity contribution in [3.05, 3.63) is 71.9 Å². The Morgan fingerprint density at radius 3 is 2.74 bits per heavy atom. The first-order chi connectivity index (χ1) is 11.3. The number of H-pyrrole nitrogens is 1. The summed E-state index contributed by atoms with van der Waals surface area (Å²) in [6, 6.07) is 10.1. The van der Waals surface area contributed by atoms with Gasteiger partial charge in [-0.25, -0.2) is 4.39 Å². The quantitative estimate of drug-likeness (QED) is 0.653. The van der Waals surface area contributed by atoms with Gasteiger partial charge in [0.1, 0.15) is 5.82 Å². The first kappa shape index (κ1) is 15.3. The molecule has 0 saturated heterocycles. The summed E-state index contributed by atoms with van der Waals surface area (Å²) in [6.45, 7) is 0.855. The number of hydrogen-bond acceptors (Lipinski definition) is 4. The molecule has 0 aliphatic carbocycles. The molecule has 0 amide bonds. The summed E-state index contributed by atoms with van der Waals surface area (Å²) >= 11 is 0. The molecule has 5 nitrogen and oxygen atoms in total. The van der Waals surface area contributed by atoms with Gasteiger partial charge in [0.15, 0.2) is 0 Å². The second kappa shape index (κ2) is 7.13. The molecule has 3 N–H and O–H groups in total. The first-order valence-corrected chi connectivity index (χ1v) is 7.31. The van der Waals surface area contributed by atoms with Gasteiger partial charge in [-0.1, -0.05) is 12.1 Å². The largest absolute Gasteiger partial charge is 0.387 e. The van der Waals surface area contributed by atoms with E-state index in [0.717, 1.165) is 11.1 Å². The lowest BCUT2D eigenvalue weighted by molar-refractivity contribution is 0.174. The number of hydrogen-bond donors (Lipinski definition) is 3. The Morgan fingerprint density at radius 1 is 1.17 bits per heavy atom. The van der Waals surface area contributed by atoms with Crippen molar-refractivity contribution in [3.8, 4) is 11.3 Å². The lowest BCUT2D eigenvalue weighted by Crippen LogP contribution is -2.21. The Labute approximate surface area is 133 Å². The van der Waals surface area contributed by atoms with Crippen molar-refractivity contribution in [3.63, 3.8) is 0 Å². The van der Waals surface area contributed by atoms with Gasteiger partial charge in [0.05, 0.1) is 18.0 Å². The van der Waals surface area contributed by atoms with E-state index in [-0.39, 0.29) is 5.82 Å². The minimum Gasteiger partial charge on any atom is -0.387 e. The van der Waals surface area contributed by atoms with E-state index in [1.54, 1.807) is 48.9 Å². The first-order valence-electron chi connectivity index (χ1n) is 7.31. The minimum atomic E-state index is -0.623. The molecule has 0 radical (unpaired) electrons. The van der Waals surface area contributed by atoms with Crippen molar-refractivity contribution in [2.45, 2.75) is 12.6 Å². The number of rotatable bonds is 6. The third-order valence-electron chi connectivity index (χ3n) is 3.61. The molecular formula is C17H17FN4O. The Morgan fingerprint density at radius 2 is 1.96 bits per heavy atom. The number of aliphatic hydroxyl groups is 1. The molecule has 2 aromatic heterocycles. The van der Waals surface area contributed by atoms with Crippen LogP contribution < -0.4 is 5.32 Å². The van der Waals surface area contributed by atoms with E-state index in [2.05, 4.69) is 20.5 Å². The molecule has 0 bridgehead atoms. The molecule has 0 spiro atoms. The van der Waals surface area contributed by atoms with Crippen LogP contribution in [0.15, 0.2) is 55.0 Å². The van der Waals surface area contributed by atoms with Crippen LogP contribution in [-0.4, -0.2) is 26.8 Å². The predicted octanol–water partition coefficient (Wildman–Crippen LogP) is 2.43. The van der Waals surface area contributed by atoms with Crippen LogP contribution in [0.1, 0.15) is 17.2 Å². The highest BCUT2D eigenvalue weighted by molar-refractivity contribution is 5.63. The molecule has 0 aliphatic rings. The van der Waals surface area contributed by atoms with E-state index in [9.17, 15) is 9.50 Å². The lowest BCUT2D eigenvalue weighted by Gasteiger charge is -2.12. The van der Waals surface area contributed by atoms with Gasteiger partial charge < -0.3 is 10.4 Å². The summed E-state index contributed by atoms with van der Waals surface area (Å²) in [7, 11) is 0. The maximum absolute atomic E-state index is 13.9. The Bertz CT molecular complexity index is 760. The van der Waals surface area contributed by atoms with Gasteiger partial charge >= 0.3 is 0 Å². The summed E-state index contributed by atoms with van der Waals surface area (Å²) in [5, 5.41) is 20.1. The number of aromatic amines is 1. The van der Waals surface area contributed by atoms with Crippen LogP contribution in [0.5, 0.6) is 0 Å². The van der Waals surface area contributed by atoms with Crippen LogP contribution in [0.2, 0.25) is 0 Å². The fourth-order valence-corrected chi connectivity index (χ4v) is 2.39. The van der Waals surface area contributed by atoms with Crippen molar-refractivity contribution in [2.75, 3.05) is 6.54 Å². The average Bonchev–Trinajstić information content (AvgIpc) is 3.04. The van der Waals surface area contributed by atoms with Gasteiger partial charge in [0.25, 0.3) is 0 Å². The summed E-state index contributed by atoms with van der Waals surface area (Å²) < 4.78 is 13.9. The maximum atomic E-state index is 13.9. The highest BCUT2D eigenvalue weighted by Gasteiger charge is 2.12. The van der Waals surface area contributed by atoms with E-state index in [0.29, 0.717) is 24.3 Å².